The molecule has 0 aromatic heterocycles. The Morgan fingerprint density at radius 1 is 1.08 bits per heavy atom. The minimum Gasteiger partial charge on any atom is -0.465 e. The molecule has 1 unspecified atom stereocenters. The van der Waals surface area contributed by atoms with Crippen molar-refractivity contribution in [3.63, 3.8) is 0 Å². The number of carbonyl (C=O) groups excluding carboxylic acids is 3. The molecule has 1 aromatic carbocycles. The number of carbonyl (C=O) groups is 3. The van der Waals surface area contributed by atoms with Crippen molar-refractivity contribution >= 4 is 35.2 Å². The van der Waals surface area contributed by atoms with E-state index in [4.69, 9.17) is 4.74 Å². The number of aliphatic hydroxyl groups excluding tert-OH is 1. The van der Waals surface area contributed by atoms with E-state index in [1.807, 2.05) is 38.1 Å². The van der Waals surface area contributed by atoms with Crippen LogP contribution >= 0.6 is 11.8 Å². The molecule has 204 valence electrons. The summed E-state index contributed by atoms with van der Waals surface area (Å²) in [6.07, 6.45) is 13.0. The zero-order chi connectivity index (χ0) is 26.9. The first-order chi connectivity index (χ1) is 18.4. The Labute approximate surface area is 229 Å². The molecule has 5 rings (SSSR count). The molecule has 1 aromatic rings. The van der Waals surface area contributed by atoms with Crippen molar-refractivity contribution in [1.82, 2.24) is 4.90 Å². The molecule has 8 heteroatoms. The van der Waals surface area contributed by atoms with Gasteiger partial charge in [-0.2, -0.15) is 0 Å². The highest BCUT2D eigenvalue weighted by atomic mass is 32.2. The van der Waals surface area contributed by atoms with Crippen LogP contribution in [-0.2, 0) is 19.1 Å². The van der Waals surface area contributed by atoms with Crippen LogP contribution in [0.3, 0.4) is 0 Å². The maximum absolute atomic E-state index is 14.5. The summed E-state index contributed by atoms with van der Waals surface area (Å²) in [4.78, 5) is 45.7. The van der Waals surface area contributed by atoms with Gasteiger partial charge in [-0.15, -0.1) is 11.8 Å². The van der Waals surface area contributed by atoms with Gasteiger partial charge in [-0.3, -0.25) is 14.4 Å². The van der Waals surface area contributed by atoms with Crippen LogP contribution in [0.15, 0.2) is 42.5 Å². The fourth-order valence-corrected chi connectivity index (χ4v) is 8.46. The number of nitrogens with zero attached hydrogens (tertiary/aromatic N) is 2. The van der Waals surface area contributed by atoms with Crippen LogP contribution in [0.25, 0.3) is 0 Å². The molecule has 0 bridgehead atoms. The second-order valence-corrected chi connectivity index (χ2v) is 12.4. The number of likely N-dealkylation sites (tertiary alicyclic amines) is 1. The van der Waals surface area contributed by atoms with Gasteiger partial charge in [0.1, 0.15) is 6.04 Å². The van der Waals surface area contributed by atoms with Gasteiger partial charge in [0.25, 0.3) is 5.91 Å². The van der Waals surface area contributed by atoms with E-state index in [0.717, 1.165) is 42.5 Å². The first-order valence-electron chi connectivity index (χ1n) is 13.9. The average Bonchev–Trinajstić information content (AvgIpc) is 3.28. The largest absolute Gasteiger partial charge is 0.465 e. The highest BCUT2D eigenvalue weighted by Crippen LogP contribution is 2.60. The van der Waals surface area contributed by atoms with Crippen molar-refractivity contribution in [1.29, 1.82) is 0 Å². The number of allylic oxidation sites excluding steroid dienone is 1. The second-order valence-electron chi connectivity index (χ2n) is 10.9. The molecular formula is C30H38N2O5S. The number of thioether (sulfide) groups is 1. The molecule has 2 saturated heterocycles. The molecule has 4 aliphatic rings. The van der Waals surface area contributed by atoms with Crippen LogP contribution < -0.4 is 4.90 Å². The molecule has 0 aliphatic carbocycles. The highest BCUT2D eigenvalue weighted by molar-refractivity contribution is 8.02. The number of hydrogen-bond donors (Lipinski definition) is 1. The number of rotatable bonds is 6. The molecule has 1 spiro atoms. The van der Waals surface area contributed by atoms with Crippen molar-refractivity contribution < 1.29 is 24.2 Å². The number of esters is 1. The zero-order valence-electron chi connectivity index (χ0n) is 22.3. The van der Waals surface area contributed by atoms with Gasteiger partial charge in [-0.05, 0) is 69.6 Å². The number of fused-ring (bicyclic) bond motifs is 2. The number of cyclic esters (lactones) is 1. The molecule has 4 aliphatic heterocycles. The van der Waals surface area contributed by atoms with Crippen LogP contribution in [-0.4, -0.2) is 70.1 Å². The molecule has 2 fully saturated rings. The average molecular weight is 539 g/mol. The van der Waals surface area contributed by atoms with Gasteiger partial charge in [0.2, 0.25) is 5.91 Å². The van der Waals surface area contributed by atoms with Crippen LogP contribution in [0.2, 0.25) is 0 Å². The van der Waals surface area contributed by atoms with E-state index in [-0.39, 0.29) is 29.6 Å². The number of benzene rings is 1. The molecule has 5 atom stereocenters. The van der Waals surface area contributed by atoms with Crippen LogP contribution in [0, 0.1) is 25.7 Å². The van der Waals surface area contributed by atoms with Gasteiger partial charge in [0, 0.05) is 30.6 Å². The fourth-order valence-electron chi connectivity index (χ4n) is 6.45. The van der Waals surface area contributed by atoms with Gasteiger partial charge < -0.3 is 19.6 Å². The zero-order valence-corrected chi connectivity index (χ0v) is 23.1. The minimum atomic E-state index is -0.843. The van der Waals surface area contributed by atoms with E-state index < -0.39 is 22.6 Å². The predicted octanol–water partition coefficient (Wildman–Crippen LogP) is 3.95. The molecule has 38 heavy (non-hydrogen) atoms. The lowest BCUT2D eigenvalue weighted by Gasteiger charge is -2.35. The van der Waals surface area contributed by atoms with Crippen molar-refractivity contribution in [2.24, 2.45) is 11.8 Å². The van der Waals surface area contributed by atoms with Crippen LogP contribution in [0.4, 0.5) is 5.69 Å². The van der Waals surface area contributed by atoms with E-state index in [9.17, 15) is 19.5 Å². The summed E-state index contributed by atoms with van der Waals surface area (Å²) in [5.41, 5.74) is 2.92. The Morgan fingerprint density at radius 3 is 2.74 bits per heavy atom. The van der Waals surface area contributed by atoms with Crippen molar-refractivity contribution in [3.05, 3.63) is 53.6 Å². The number of hydrogen-bond acceptors (Lipinski definition) is 6. The minimum absolute atomic E-state index is 0.101. The smallest absolute Gasteiger partial charge is 0.311 e. The molecule has 0 radical (unpaired) electrons. The van der Waals surface area contributed by atoms with Gasteiger partial charge in [0.15, 0.2) is 0 Å². The fraction of sp³-hybridized carbons (Fsp3) is 0.567. The standard InChI is InChI=1S/C30H38N2O5S/c1-20-12-13-21(2)22(19-20)31-16-10-14-30-25(24-23(38-30)11-6-3-4-9-18-37-29(24)36)27(34)32(26(30)28(31)35)15-7-5-8-17-33/h6,10-14,19,23-26,33H,3-5,7-9,15-18H2,1-2H3/b11-6-/t23-,24+,25+,26?,30+/m1/s1. The third-order valence-corrected chi connectivity index (χ3v) is 10.1. The summed E-state index contributed by atoms with van der Waals surface area (Å²) >= 11 is 1.59. The van der Waals surface area contributed by atoms with Crippen molar-refractivity contribution in [2.75, 3.05) is 31.2 Å². The Hall–Kier alpha value is -2.58. The maximum atomic E-state index is 14.5. The van der Waals surface area contributed by atoms with Crippen LogP contribution in [0.5, 0.6) is 0 Å². The third-order valence-electron chi connectivity index (χ3n) is 8.31. The molecule has 0 saturated carbocycles. The third kappa shape index (κ3) is 4.70. The number of ether oxygens (including phenoxy) is 1. The van der Waals surface area contributed by atoms with Crippen molar-refractivity contribution in [3.8, 4) is 0 Å². The number of anilines is 1. The lowest BCUT2D eigenvalue weighted by molar-refractivity contribution is -0.153. The number of unbranched alkanes of at least 4 members (excludes halogenated alkanes) is 2. The van der Waals surface area contributed by atoms with E-state index >= 15 is 0 Å². The Balaban J connectivity index is 1.58. The molecule has 2 amide bonds. The van der Waals surface area contributed by atoms with E-state index in [2.05, 4.69) is 18.2 Å². The SMILES string of the molecule is Cc1ccc(C)c(N2CC=C[C@]34S[C@@H]5/C=C\CCCCOC(=O)[C@@H]5[C@H]3C(=O)N(CCCCCO)C4C2=O)c1. The van der Waals surface area contributed by atoms with Gasteiger partial charge in [-0.25, -0.2) is 0 Å². The number of aliphatic hydroxyl groups is 1. The topological polar surface area (TPSA) is 87.2 Å². The highest BCUT2D eigenvalue weighted by Gasteiger charge is 2.70. The van der Waals surface area contributed by atoms with Gasteiger partial charge in [0.05, 0.1) is 23.2 Å². The van der Waals surface area contributed by atoms with Gasteiger partial charge in [-0.1, -0.05) is 36.4 Å². The maximum Gasteiger partial charge on any atom is 0.311 e. The van der Waals surface area contributed by atoms with E-state index in [1.54, 1.807) is 21.6 Å². The monoisotopic (exact) mass is 538 g/mol. The summed E-state index contributed by atoms with van der Waals surface area (Å²) in [5.74, 6) is -1.86. The Morgan fingerprint density at radius 2 is 1.92 bits per heavy atom. The number of aryl methyl sites for hydroxylation is 2. The summed E-state index contributed by atoms with van der Waals surface area (Å²) < 4.78 is 4.84. The van der Waals surface area contributed by atoms with E-state index in [1.165, 1.54) is 0 Å². The predicted molar refractivity (Wildman–Crippen MR) is 149 cm³/mol. The van der Waals surface area contributed by atoms with E-state index in [0.29, 0.717) is 32.5 Å². The summed E-state index contributed by atoms with van der Waals surface area (Å²) in [6.45, 7) is 5.31. The normalized spacial score (nSPS) is 31.9. The number of amides is 2. The summed E-state index contributed by atoms with van der Waals surface area (Å²) in [7, 11) is 0. The van der Waals surface area contributed by atoms with Gasteiger partial charge >= 0.3 is 5.97 Å². The Kier molecular flexibility index (Phi) is 8.00. The first-order valence-corrected chi connectivity index (χ1v) is 14.8. The lowest BCUT2D eigenvalue weighted by atomic mass is 9.78. The molecule has 1 N–H and O–H groups in total. The second kappa shape index (κ2) is 11.3. The molecular weight excluding hydrogens is 500 g/mol. The molecule has 7 nitrogen and oxygen atoms in total. The van der Waals surface area contributed by atoms with Crippen LogP contribution in [0.1, 0.15) is 49.7 Å². The quantitative estimate of drug-likeness (QED) is 0.335. The summed E-state index contributed by atoms with van der Waals surface area (Å²) in [6, 6.07) is 5.38. The Bertz CT molecular complexity index is 1150. The summed E-state index contributed by atoms with van der Waals surface area (Å²) in [5, 5.41) is 9.03. The first kappa shape index (κ1) is 27.0. The van der Waals surface area contributed by atoms with Crippen molar-refractivity contribution in [2.45, 2.75) is 68.4 Å². The lowest BCUT2D eigenvalue weighted by Crippen LogP contribution is -2.53. The molecule has 4 heterocycles.